The van der Waals surface area contributed by atoms with E-state index in [1.54, 1.807) is 0 Å². The van der Waals surface area contributed by atoms with Crippen LogP contribution in [0.25, 0.3) is 0 Å². The Morgan fingerprint density at radius 1 is 1.24 bits per heavy atom. The van der Waals surface area contributed by atoms with Crippen LogP contribution in [0.5, 0.6) is 0 Å². The molecule has 0 unspecified atom stereocenters. The van der Waals surface area contributed by atoms with Crippen molar-refractivity contribution < 1.29 is 4.79 Å². The zero-order chi connectivity index (χ0) is 15.1. The van der Waals surface area contributed by atoms with Gasteiger partial charge in [0, 0.05) is 19.5 Å². The Bertz CT molecular complexity index is 606. The molecule has 2 rings (SSSR count). The van der Waals surface area contributed by atoms with Gasteiger partial charge in [0.1, 0.15) is 23.0 Å². The van der Waals surface area contributed by atoms with Crippen LogP contribution in [-0.2, 0) is 11.3 Å². The van der Waals surface area contributed by atoms with Gasteiger partial charge in [0.15, 0.2) is 0 Å². The lowest BCUT2D eigenvalue weighted by Crippen LogP contribution is -2.25. The second-order valence-electron chi connectivity index (χ2n) is 4.36. The third-order valence-electron chi connectivity index (χ3n) is 2.79. The Kier molecular flexibility index (Phi) is 5.34. The first-order valence-electron chi connectivity index (χ1n) is 6.47. The molecule has 0 aliphatic carbocycles. The second kappa shape index (κ2) is 7.44. The van der Waals surface area contributed by atoms with Crippen molar-refractivity contribution in [3.05, 3.63) is 47.2 Å². The number of nitrogens with one attached hydrogen (secondary N) is 2. The maximum Gasteiger partial charge on any atom is 0.222 e. The number of rotatable bonds is 6. The molecular formula is C14H16ClN5O. The van der Waals surface area contributed by atoms with Crippen LogP contribution in [0, 0.1) is 0 Å². The number of carbonyl (C=O) groups excluding carboxylic acids is 1. The van der Waals surface area contributed by atoms with Gasteiger partial charge in [-0.15, -0.1) is 0 Å². The molecule has 0 saturated heterocycles. The van der Waals surface area contributed by atoms with E-state index in [2.05, 4.69) is 20.6 Å². The Morgan fingerprint density at radius 2 is 2.00 bits per heavy atom. The minimum Gasteiger partial charge on any atom is -0.382 e. The number of amides is 1. The normalized spacial score (nSPS) is 10.1. The van der Waals surface area contributed by atoms with Crippen LogP contribution >= 0.6 is 11.6 Å². The monoisotopic (exact) mass is 305 g/mol. The molecule has 0 saturated carbocycles. The predicted octanol–water partition coefficient (Wildman–Crippen LogP) is 1.83. The van der Waals surface area contributed by atoms with Gasteiger partial charge >= 0.3 is 0 Å². The summed E-state index contributed by atoms with van der Waals surface area (Å²) in [7, 11) is 0. The first kappa shape index (κ1) is 15.1. The van der Waals surface area contributed by atoms with E-state index in [1.807, 2.05) is 30.3 Å². The largest absolute Gasteiger partial charge is 0.382 e. The average Bonchev–Trinajstić information content (AvgIpc) is 2.50. The molecule has 110 valence electrons. The summed E-state index contributed by atoms with van der Waals surface area (Å²) in [4.78, 5) is 19.4. The first-order chi connectivity index (χ1) is 10.2. The molecule has 21 heavy (non-hydrogen) atoms. The highest BCUT2D eigenvalue weighted by atomic mass is 35.5. The van der Waals surface area contributed by atoms with Crippen LogP contribution in [0.15, 0.2) is 36.7 Å². The number of nitrogens with zero attached hydrogens (tertiary/aromatic N) is 2. The van der Waals surface area contributed by atoms with Gasteiger partial charge in [0.05, 0.1) is 0 Å². The molecule has 0 bridgehead atoms. The number of carbonyl (C=O) groups is 1. The molecule has 0 radical (unpaired) electrons. The minimum absolute atomic E-state index is 0.0514. The van der Waals surface area contributed by atoms with Gasteiger partial charge < -0.3 is 16.4 Å². The van der Waals surface area contributed by atoms with E-state index in [-0.39, 0.29) is 16.7 Å². The smallest absolute Gasteiger partial charge is 0.222 e. The molecule has 1 heterocycles. The Hall–Kier alpha value is -2.34. The molecule has 1 aromatic heterocycles. The second-order valence-corrected chi connectivity index (χ2v) is 4.74. The standard InChI is InChI=1S/C14H16ClN5O/c15-12-13(16)19-9-20-14(12)17-7-6-11(21)18-8-10-4-2-1-3-5-10/h1-5,9H,6-8H2,(H,18,21)(H3,16,17,19,20). The molecule has 6 nitrogen and oxygen atoms in total. The van der Waals surface area contributed by atoms with Crippen molar-refractivity contribution in [2.24, 2.45) is 0 Å². The fourth-order valence-electron chi connectivity index (χ4n) is 1.69. The lowest BCUT2D eigenvalue weighted by Gasteiger charge is -2.08. The summed E-state index contributed by atoms with van der Waals surface area (Å²) in [5, 5.41) is 6.07. The lowest BCUT2D eigenvalue weighted by molar-refractivity contribution is -0.121. The molecule has 4 N–H and O–H groups in total. The van der Waals surface area contributed by atoms with Crippen molar-refractivity contribution >= 4 is 29.1 Å². The van der Waals surface area contributed by atoms with Crippen LogP contribution in [0.4, 0.5) is 11.6 Å². The Morgan fingerprint density at radius 3 is 2.76 bits per heavy atom. The van der Waals surface area contributed by atoms with Crippen molar-refractivity contribution in [1.29, 1.82) is 0 Å². The first-order valence-corrected chi connectivity index (χ1v) is 6.85. The summed E-state index contributed by atoms with van der Waals surface area (Å²) in [6.45, 7) is 0.928. The van der Waals surface area contributed by atoms with E-state index in [0.29, 0.717) is 25.3 Å². The maximum atomic E-state index is 11.7. The van der Waals surface area contributed by atoms with Gasteiger partial charge in [-0.3, -0.25) is 4.79 Å². The van der Waals surface area contributed by atoms with Crippen molar-refractivity contribution in [2.45, 2.75) is 13.0 Å². The van der Waals surface area contributed by atoms with Crippen LogP contribution in [-0.4, -0.2) is 22.4 Å². The quantitative estimate of drug-likeness (QED) is 0.757. The maximum absolute atomic E-state index is 11.7. The number of aromatic nitrogens is 2. The zero-order valence-electron chi connectivity index (χ0n) is 11.3. The number of hydrogen-bond acceptors (Lipinski definition) is 5. The predicted molar refractivity (Wildman–Crippen MR) is 82.8 cm³/mol. The van der Waals surface area contributed by atoms with E-state index in [4.69, 9.17) is 17.3 Å². The third kappa shape index (κ3) is 4.61. The summed E-state index contributed by atoms with van der Waals surface area (Å²) >= 11 is 5.94. The summed E-state index contributed by atoms with van der Waals surface area (Å²) < 4.78 is 0. The average molecular weight is 306 g/mol. The highest BCUT2D eigenvalue weighted by Gasteiger charge is 2.07. The highest BCUT2D eigenvalue weighted by molar-refractivity contribution is 6.35. The summed E-state index contributed by atoms with van der Waals surface area (Å²) in [6.07, 6.45) is 1.63. The molecule has 0 fully saturated rings. The molecule has 2 aromatic rings. The number of hydrogen-bond donors (Lipinski definition) is 3. The zero-order valence-corrected chi connectivity index (χ0v) is 12.1. The number of anilines is 2. The summed E-state index contributed by atoms with van der Waals surface area (Å²) in [5.74, 6) is 0.590. The van der Waals surface area contributed by atoms with Gasteiger partial charge in [-0.2, -0.15) is 0 Å². The van der Waals surface area contributed by atoms with Crippen molar-refractivity contribution in [3.8, 4) is 0 Å². The summed E-state index contributed by atoms with van der Waals surface area (Å²) in [6, 6.07) is 9.73. The van der Waals surface area contributed by atoms with Gasteiger partial charge in [0.25, 0.3) is 0 Å². The van der Waals surface area contributed by atoms with E-state index in [1.165, 1.54) is 6.33 Å². The number of nitrogens with two attached hydrogens (primary N) is 1. The molecule has 1 amide bonds. The van der Waals surface area contributed by atoms with Gasteiger partial charge in [-0.05, 0) is 5.56 Å². The van der Waals surface area contributed by atoms with Crippen molar-refractivity contribution in [3.63, 3.8) is 0 Å². The van der Waals surface area contributed by atoms with E-state index in [9.17, 15) is 4.79 Å². The molecule has 7 heteroatoms. The number of benzene rings is 1. The Balaban J connectivity index is 1.73. The van der Waals surface area contributed by atoms with Crippen LogP contribution in [0.1, 0.15) is 12.0 Å². The Labute approximate surface area is 127 Å². The number of nitrogen functional groups attached to an aromatic ring is 1. The van der Waals surface area contributed by atoms with Crippen molar-refractivity contribution in [1.82, 2.24) is 15.3 Å². The molecule has 0 aliphatic rings. The fraction of sp³-hybridized carbons (Fsp3) is 0.214. The lowest BCUT2D eigenvalue weighted by atomic mass is 10.2. The molecule has 0 aliphatic heterocycles. The SMILES string of the molecule is Nc1ncnc(NCCC(=O)NCc2ccccc2)c1Cl. The highest BCUT2D eigenvalue weighted by Crippen LogP contribution is 2.22. The van der Waals surface area contributed by atoms with Crippen LogP contribution < -0.4 is 16.4 Å². The van der Waals surface area contributed by atoms with E-state index in [0.717, 1.165) is 5.56 Å². The fourth-order valence-corrected chi connectivity index (χ4v) is 1.85. The van der Waals surface area contributed by atoms with E-state index < -0.39 is 0 Å². The van der Waals surface area contributed by atoms with Crippen LogP contribution in [0.3, 0.4) is 0 Å². The molecular weight excluding hydrogens is 290 g/mol. The summed E-state index contributed by atoms with van der Waals surface area (Å²) in [5.41, 5.74) is 6.62. The van der Waals surface area contributed by atoms with Crippen LogP contribution in [0.2, 0.25) is 5.02 Å². The molecule has 0 spiro atoms. The topological polar surface area (TPSA) is 92.9 Å². The van der Waals surface area contributed by atoms with Gasteiger partial charge in [-0.1, -0.05) is 41.9 Å². The van der Waals surface area contributed by atoms with Gasteiger partial charge in [-0.25, -0.2) is 9.97 Å². The molecule has 1 aromatic carbocycles. The van der Waals surface area contributed by atoms with Crippen molar-refractivity contribution in [2.75, 3.05) is 17.6 Å². The van der Waals surface area contributed by atoms with E-state index >= 15 is 0 Å². The molecule has 0 atom stereocenters. The number of halogens is 1. The third-order valence-corrected chi connectivity index (χ3v) is 3.17. The van der Waals surface area contributed by atoms with Gasteiger partial charge in [0.2, 0.25) is 5.91 Å². The minimum atomic E-state index is -0.0514.